The Morgan fingerprint density at radius 1 is 1.05 bits per heavy atom. The van der Waals surface area contributed by atoms with Crippen LogP contribution in [0, 0.1) is 0 Å². The highest BCUT2D eigenvalue weighted by molar-refractivity contribution is 7.14. The van der Waals surface area contributed by atoms with Gasteiger partial charge in [-0.1, -0.05) is 54.1 Å². The molecule has 0 spiro atoms. The molecule has 0 aliphatic carbocycles. The minimum Gasteiger partial charge on any atom is -0.316 e. The van der Waals surface area contributed by atoms with Crippen LogP contribution in [0.15, 0.2) is 66.3 Å². The molecule has 0 saturated heterocycles. The van der Waals surface area contributed by atoms with Crippen molar-refractivity contribution in [3.8, 4) is 0 Å². The number of nitrogens with zero attached hydrogens (tertiary/aromatic N) is 1. The van der Waals surface area contributed by atoms with E-state index in [9.17, 15) is 4.79 Å². The fraction of sp³-hybridized carbons (Fsp3) is 0.0588. The first kappa shape index (κ1) is 14.8. The first-order chi connectivity index (χ1) is 10.7. The van der Waals surface area contributed by atoms with E-state index in [2.05, 4.69) is 10.3 Å². The van der Waals surface area contributed by atoms with E-state index in [1.807, 2.05) is 42.5 Å². The van der Waals surface area contributed by atoms with Crippen molar-refractivity contribution >= 4 is 33.8 Å². The van der Waals surface area contributed by atoms with Crippen molar-refractivity contribution in [3.05, 3.63) is 82.5 Å². The van der Waals surface area contributed by atoms with Gasteiger partial charge in [-0.25, -0.2) is 0 Å². The highest BCUT2D eigenvalue weighted by Gasteiger charge is 2.23. The van der Waals surface area contributed by atoms with Gasteiger partial charge in [0, 0.05) is 5.02 Å². The van der Waals surface area contributed by atoms with Crippen LogP contribution >= 0.6 is 22.9 Å². The summed E-state index contributed by atoms with van der Waals surface area (Å²) in [5.74, 6) is -0.474. The molecule has 2 aromatic carbocycles. The maximum Gasteiger partial charge on any atom is 0.237 e. The molecule has 3 aromatic rings. The average Bonchev–Trinajstić information content (AvgIpc) is 3.03. The molecule has 3 nitrogen and oxygen atoms in total. The first-order valence-corrected chi connectivity index (χ1v) is 7.99. The van der Waals surface area contributed by atoms with Crippen LogP contribution in [-0.2, 0) is 4.79 Å². The van der Waals surface area contributed by atoms with Gasteiger partial charge in [0.25, 0.3) is 0 Å². The third-order valence-corrected chi connectivity index (χ3v) is 4.22. The molecule has 0 radical (unpaired) electrons. The fourth-order valence-corrected chi connectivity index (χ4v) is 2.91. The number of benzene rings is 2. The van der Waals surface area contributed by atoms with Gasteiger partial charge < -0.3 is 5.32 Å². The lowest BCUT2D eigenvalue weighted by Gasteiger charge is -2.17. The molecule has 1 unspecified atom stereocenters. The van der Waals surface area contributed by atoms with Gasteiger partial charge in [0.15, 0.2) is 0 Å². The van der Waals surface area contributed by atoms with Crippen LogP contribution in [0.5, 0.6) is 0 Å². The van der Waals surface area contributed by atoms with Crippen LogP contribution < -0.4 is 5.32 Å². The Morgan fingerprint density at radius 2 is 1.73 bits per heavy atom. The van der Waals surface area contributed by atoms with E-state index >= 15 is 0 Å². The Hall–Kier alpha value is -2.17. The topological polar surface area (TPSA) is 42.0 Å². The first-order valence-electron chi connectivity index (χ1n) is 6.74. The normalized spacial score (nSPS) is 11.9. The van der Waals surface area contributed by atoms with Gasteiger partial charge in [0.2, 0.25) is 5.91 Å². The van der Waals surface area contributed by atoms with Gasteiger partial charge in [-0.15, -0.1) is 11.3 Å². The predicted molar refractivity (Wildman–Crippen MR) is 90.5 cm³/mol. The van der Waals surface area contributed by atoms with Crippen LogP contribution in [0.2, 0.25) is 5.02 Å². The molecule has 1 N–H and O–H groups in total. The highest BCUT2D eigenvalue weighted by atomic mass is 35.5. The molecule has 1 amide bonds. The Balaban J connectivity index is 1.95. The molecule has 110 valence electrons. The number of rotatable bonds is 4. The van der Waals surface area contributed by atoms with Crippen LogP contribution in [-0.4, -0.2) is 10.9 Å². The third kappa shape index (κ3) is 3.35. The summed E-state index contributed by atoms with van der Waals surface area (Å²) in [7, 11) is 0. The molecule has 1 heterocycles. The van der Waals surface area contributed by atoms with Crippen LogP contribution in [0.3, 0.4) is 0 Å². The Bertz CT molecular complexity index is 742. The van der Waals surface area contributed by atoms with Crippen molar-refractivity contribution < 1.29 is 4.79 Å². The van der Waals surface area contributed by atoms with E-state index in [0.29, 0.717) is 5.02 Å². The molecular formula is C17H13ClN2OS. The maximum atomic E-state index is 12.7. The number of hydrogen-bond donors (Lipinski definition) is 1. The summed E-state index contributed by atoms with van der Waals surface area (Å²) in [5.41, 5.74) is 3.53. The largest absolute Gasteiger partial charge is 0.316 e. The number of anilines is 1. The highest BCUT2D eigenvalue weighted by Crippen LogP contribution is 2.28. The minimum atomic E-state index is -0.388. The second-order valence-corrected chi connectivity index (χ2v) is 6.07. The predicted octanol–water partition coefficient (Wildman–Crippen LogP) is 4.57. The van der Waals surface area contributed by atoms with Gasteiger partial charge in [-0.2, -0.15) is 0 Å². The molecule has 5 heteroatoms. The Morgan fingerprint density at radius 3 is 2.36 bits per heavy atom. The van der Waals surface area contributed by atoms with Crippen molar-refractivity contribution in [1.82, 2.24) is 4.98 Å². The van der Waals surface area contributed by atoms with E-state index in [4.69, 9.17) is 11.6 Å². The van der Waals surface area contributed by atoms with Crippen molar-refractivity contribution in [2.24, 2.45) is 0 Å². The maximum absolute atomic E-state index is 12.7. The molecule has 0 saturated carbocycles. The number of nitrogens with one attached hydrogen (secondary N) is 1. The molecule has 3 rings (SSSR count). The van der Waals surface area contributed by atoms with E-state index in [0.717, 1.165) is 16.1 Å². The van der Waals surface area contributed by atoms with Crippen LogP contribution in [0.4, 0.5) is 5.00 Å². The van der Waals surface area contributed by atoms with Gasteiger partial charge in [0.05, 0.1) is 17.6 Å². The van der Waals surface area contributed by atoms with Crippen LogP contribution in [0.25, 0.3) is 0 Å². The van der Waals surface area contributed by atoms with E-state index in [1.165, 1.54) is 11.3 Å². The van der Waals surface area contributed by atoms with E-state index < -0.39 is 0 Å². The van der Waals surface area contributed by atoms with E-state index in [1.54, 1.807) is 23.8 Å². The van der Waals surface area contributed by atoms with Gasteiger partial charge >= 0.3 is 0 Å². The molecule has 0 fully saturated rings. The van der Waals surface area contributed by atoms with Crippen molar-refractivity contribution in [2.75, 3.05) is 5.32 Å². The zero-order chi connectivity index (χ0) is 15.4. The average molecular weight is 329 g/mol. The summed E-state index contributed by atoms with van der Waals surface area (Å²) in [6.45, 7) is 0. The number of carbonyl (C=O) groups excluding carboxylic acids is 1. The summed E-state index contributed by atoms with van der Waals surface area (Å²) < 4.78 is 0. The fourth-order valence-electron chi connectivity index (χ4n) is 2.27. The number of carbonyl (C=O) groups is 1. The summed E-state index contributed by atoms with van der Waals surface area (Å²) in [5, 5.41) is 4.31. The second-order valence-electron chi connectivity index (χ2n) is 4.75. The smallest absolute Gasteiger partial charge is 0.237 e. The lowest BCUT2D eigenvalue weighted by molar-refractivity contribution is -0.116. The summed E-state index contributed by atoms with van der Waals surface area (Å²) in [6, 6.07) is 17.1. The van der Waals surface area contributed by atoms with Crippen molar-refractivity contribution in [2.45, 2.75) is 5.92 Å². The summed E-state index contributed by atoms with van der Waals surface area (Å²) >= 11 is 7.35. The number of halogens is 1. The van der Waals surface area contributed by atoms with E-state index in [-0.39, 0.29) is 11.8 Å². The molecule has 0 aliphatic rings. The molecular weight excluding hydrogens is 316 g/mol. The number of amides is 1. The lowest BCUT2D eigenvalue weighted by atomic mass is 9.90. The molecule has 0 aliphatic heterocycles. The SMILES string of the molecule is O=C(Nc1cncs1)C(c1ccccc1)c1ccc(Cl)cc1. The Kier molecular flexibility index (Phi) is 4.51. The zero-order valence-corrected chi connectivity index (χ0v) is 13.1. The van der Waals surface area contributed by atoms with Crippen molar-refractivity contribution in [3.63, 3.8) is 0 Å². The third-order valence-electron chi connectivity index (χ3n) is 3.28. The lowest BCUT2D eigenvalue weighted by Crippen LogP contribution is -2.21. The summed E-state index contributed by atoms with van der Waals surface area (Å²) in [4.78, 5) is 16.7. The summed E-state index contributed by atoms with van der Waals surface area (Å²) in [6.07, 6.45) is 1.65. The second kappa shape index (κ2) is 6.73. The standard InChI is InChI=1S/C17H13ClN2OS/c18-14-8-6-13(7-9-14)16(12-4-2-1-3-5-12)17(21)20-15-10-19-11-22-15/h1-11,16H,(H,20,21). The zero-order valence-electron chi connectivity index (χ0n) is 11.6. The molecule has 22 heavy (non-hydrogen) atoms. The minimum absolute atomic E-state index is 0.0854. The quantitative estimate of drug-likeness (QED) is 0.762. The molecule has 1 atom stereocenters. The molecule has 1 aromatic heterocycles. The number of thiazole rings is 1. The monoisotopic (exact) mass is 328 g/mol. The number of hydrogen-bond acceptors (Lipinski definition) is 3. The van der Waals surface area contributed by atoms with Gasteiger partial charge in [-0.05, 0) is 23.3 Å². The van der Waals surface area contributed by atoms with Crippen LogP contribution in [0.1, 0.15) is 17.0 Å². The molecule has 0 bridgehead atoms. The van der Waals surface area contributed by atoms with Gasteiger partial charge in [0.1, 0.15) is 5.00 Å². The number of aromatic nitrogens is 1. The van der Waals surface area contributed by atoms with Gasteiger partial charge in [-0.3, -0.25) is 9.78 Å². The van der Waals surface area contributed by atoms with Crippen molar-refractivity contribution in [1.29, 1.82) is 0 Å². The Labute approximate surface area is 137 Å².